The highest BCUT2D eigenvalue weighted by molar-refractivity contribution is 5.98. The van der Waals surface area contributed by atoms with E-state index in [9.17, 15) is 18.0 Å². The van der Waals surface area contributed by atoms with Gasteiger partial charge >= 0.3 is 12.1 Å². The first kappa shape index (κ1) is 25.0. The van der Waals surface area contributed by atoms with E-state index in [-0.39, 0.29) is 12.2 Å². The Bertz CT molecular complexity index is 1140. The van der Waals surface area contributed by atoms with Crippen molar-refractivity contribution >= 4 is 11.7 Å². The minimum absolute atomic E-state index is 0.107. The Labute approximate surface area is 195 Å². The Kier molecular flexibility index (Phi) is 8.07. The molecule has 8 heteroatoms. The van der Waals surface area contributed by atoms with Gasteiger partial charge in [0.1, 0.15) is 12.6 Å². The normalized spacial score (nSPS) is 12.9. The van der Waals surface area contributed by atoms with Gasteiger partial charge in [-0.3, -0.25) is 4.79 Å². The largest absolute Gasteiger partial charge is 0.480 e. The number of nitrogens with zero attached hydrogens (tertiary/aromatic N) is 1. The maximum Gasteiger partial charge on any atom is 0.417 e. The SMILES string of the molecule is CC(=NOCc1ccc(-c2ccccc2)c(C(F)(F)F)c1)c1ccc(CNC(C)C(=O)O)cc1. The third-order valence-electron chi connectivity index (χ3n) is 5.26. The summed E-state index contributed by atoms with van der Waals surface area (Å²) >= 11 is 0. The predicted octanol–water partition coefficient (Wildman–Crippen LogP) is 5.88. The lowest BCUT2D eigenvalue weighted by Crippen LogP contribution is -2.33. The summed E-state index contributed by atoms with van der Waals surface area (Å²) in [5.41, 5.74) is 2.50. The lowest BCUT2D eigenvalue weighted by atomic mass is 9.97. The quantitative estimate of drug-likeness (QED) is 0.303. The zero-order valence-electron chi connectivity index (χ0n) is 18.8. The van der Waals surface area contributed by atoms with E-state index < -0.39 is 23.8 Å². The second kappa shape index (κ2) is 11.0. The van der Waals surface area contributed by atoms with Crippen LogP contribution in [0.2, 0.25) is 0 Å². The zero-order chi connectivity index (χ0) is 24.7. The molecule has 1 atom stereocenters. The highest BCUT2D eigenvalue weighted by atomic mass is 19.4. The summed E-state index contributed by atoms with van der Waals surface area (Å²) in [5, 5.41) is 15.8. The van der Waals surface area contributed by atoms with Gasteiger partial charge in [0.2, 0.25) is 0 Å². The van der Waals surface area contributed by atoms with Crippen LogP contribution in [-0.2, 0) is 29.0 Å². The molecule has 0 heterocycles. The van der Waals surface area contributed by atoms with Crippen LogP contribution in [0.1, 0.15) is 36.1 Å². The maximum absolute atomic E-state index is 13.7. The Morgan fingerprint density at radius 3 is 2.29 bits per heavy atom. The van der Waals surface area contributed by atoms with Crippen LogP contribution >= 0.6 is 0 Å². The van der Waals surface area contributed by atoms with Crippen molar-refractivity contribution < 1.29 is 27.9 Å². The van der Waals surface area contributed by atoms with Gasteiger partial charge in [0.25, 0.3) is 0 Å². The molecule has 0 bridgehead atoms. The predicted molar refractivity (Wildman–Crippen MR) is 124 cm³/mol. The van der Waals surface area contributed by atoms with Gasteiger partial charge in [-0.1, -0.05) is 71.9 Å². The van der Waals surface area contributed by atoms with Crippen molar-refractivity contribution in [3.63, 3.8) is 0 Å². The first-order chi connectivity index (χ1) is 16.1. The molecule has 0 aliphatic heterocycles. The van der Waals surface area contributed by atoms with Gasteiger partial charge in [-0.25, -0.2) is 0 Å². The van der Waals surface area contributed by atoms with E-state index in [1.165, 1.54) is 6.07 Å². The first-order valence-electron chi connectivity index (χ1n) is 10.6. The summed E-state index contributed by atoms with van der Waals surface area (Å²) < 4.78 is 41.0. The van der Waals surface area contributed by atoms with Crippen LogP contribution in [0.5, 0.6) is 0 Å². The number of oxime groups is 1. The molecule has 0 amide bonds. The Hall–Kier alpha value is -3.65. The van der Waals surface area contributed by atoms with Crippen molar-refractivity contribution in [1.29, 1.82) is 0 Å². The molecule has 0 aliphatic rings. The number of alkyl halides is 3. The van der Waals surface area contributed by atoms with Crippen LogP contribution in [0, 0.1) is 0 Å². The molecule has 0 saturated carbocycles. The fourth-order valence-corrected chi connectivity index (χ4v) is 3.26. The number of halogens is 3. The van der Waals surface area contributed by atoms with Gasteiger partial charge in [-0.15, -0.1) is 0 Å². The first-order valence-corrected chi connectivity index (χ1v) is 10.6. The lowest BCUT2D eigenvalue weighted by Gasteiger charge is -2.14. The average Bonchev–Trinajstić information content (AvgIpc) is 2.82. The van der Waals surface area contributed by atoms with Gasteiger partial charge in [0.05, 0.1) is 11.3 Å². The van der Waals surface area contributed by atoms with Gasteiger partial charge in [-0.2, -0.15) is 13.2 Å². The van der Waals surface area contributed by atoms with E-state index in [2.05, 4.69) is 10.5 Å². The fourth-order valence-electron chi connectivity index (χ4n) is 3.26. The number of rotatable bonds is 9. The van der Waals surface area contributed by atoms with E-state index in [1.807, 2.05) is 24.3 Å². The van der Waals surface area contributed by atoms with Crippen LogP contribution in [0.15, 0.2) is 78.0 Å². The molecule has 178 valence electrons. The monoisotopic (exact) mass is 470 g/mol. The molecule has 34 heavy (non-hydrogen) atoms. The Balaban J connectivity index is 1.66. The summed E-state index contributed by atoms with van der Waals surface area (Å²) in [5.74, 6) is -0.922. The molecule has 0 fully saturated rings. The van der Waals surface area contributed by atoms with E-state index in [1.54, 1.807) is 50.2 Å². The molecule has 0 saturated heterocycles. The average molecular weight is 470 g/mol. The van der Waals surface area contributed by atoms with Crippen LogP contribution < -0.4 is 5.32 Å². The van der Waals surface area contributed by atoms with Gasteiger partial charge < -0.3 is 15.3 Å². The van der Waals surface area contributed by atoms with Gasteiger partial charge in [0, 0.05) is 6.54 Å². The van der Waals surface area contributed by atoms with Crippen molar-refractivity contribution in [3.05, 3.63) is 95.1 Å². The highest BCUT2D eigenvalue weighted by Gasteiger charge is 2.34. The minimum Gasteiger partial charge on any atom is -0.480 e. The van der Waals surface area contributed by atoms with Crippen molar-refractivity contribution in [3.8, 4) is 11.1 Å². The number of hydrogen-bond donors (Lipinski definition) is 2. The number of carboxylic acid groups (broad SMARTS) is 1. The van der Waals surface area contributed by atoms with Crippen molar-refractivity contribution in [2.75, 3.05) is 0 Å². The van der Waals surface area contributed by atoms with E-state index in [0.717, 1.165) is 17.2 Å². The molecule has 0 aromatic heterocycles. The molecule has 1 unspecified atom stereocenters. The minimum atomic E-state index is -4.50. The van der Waals surface area contributed by atoms with E-state index in [4.69, 9.17) is 9.94 Å². The lowest BCUT2D eigenvalue weighted by molar-refractivity contribution is -0.139. The number of hydrogen-bond acceptors (Lipinski definition) is 4. The van der Waals surface area contributed by atoms with Crippen LogP contribution in [0.3, 0.4) is 0 Å². The fraction of sp³-hybridized carbons (Fsp3) is 0.231. The van der Waals surface area contributed by atoms with Crippen molar-refractivity contribution in [1.82, 2.24) is 5.32 Å². The zero-order valence-corrected chi connectivity index (χ0v) is 18.8. The van der Waals surface area contributed by atoms with Gasteiger partial charge in [0.15, 0.2) is 0 Å². The topological polar surface area (TPSA) is 70.9 Å². The molecule has 3 aromatic carbocycles. The maximum atomic E-state index is 13.7. The van der Waals surface area contributed by atoms with E-state index in [0.29, 0.717) is 23.4 Å². The molecule has 0 aliphatic carbocycles. The number of benzene rings is 3. The van der Waals surface area contributed by atoms with E-state index >= 15 is 0 Å². The smallest absolute Gasteiger partial charge is 0.417 e. The summed E-state index contributed by atoms with van der Waals surface area (Å²) in [6.07, 6.45) is -4.50. The summed E-state index contributed by atoms with van der Waals surface area (Å²) in [6, 6.07) is 19.2. The van der Waals surface area contributed by atoms with Crippen molar-refractivity contribution in [2.45, 2.75) is 39.2 Å². The number of carboxylic acids is 1. The third kappa shape index (κ3) is 6.68. The highest BCUT2D eigenvalue weighted by Crippen LogP contribution is 2.37. The second-order valence-corrected chi connectivity index (χ2v) is 7.83. The molecular weight excluding hydrogens is 445 g/mol. The number of aliphatic carboxylic acids is 1. The molecule has 3 aromatic rings. The summed E-state index contributed by atoms with van der Waals surface area (Å²) in [6.45, 7) is 3.60. The molecule has 0 radical (unpaired) electrons. The Morgan fingerprint density at radius 2 is 1.68 bits per heavy atom. The third-order valence-corrected chi connectivity index (χ3v) is 5.26. The molecule has 0 spiro atoms. The molecule has 5 nitrogen and oxygen atoms in total. The number of nitrogens with one attached hydrogen (secondary N) is 1. The van der Waals surface area contributed by atoms with Crippen LogP contribution in [0.4, 0.5) is 13.2 Å². The second-order valence-electron chi connectivity index (χ2n) is 7.83. The van der Waals surface area contributed by atoms with Crippen LogP contribution in [-0.4, -0.2) is 22.8 Å². The number of carbonyl (C=O) groups is 1. The van der Waals surface area contributed by atoms with Gasteiger partial charge in [-0.05, 0) is 47.7 Å². The summed E-state index contributed by atoms with van der Waals surface area (Å²) in [7, 11) is 0. The standard InChI is InChI=1S/C26H25F3N2O3/c1-17(21-11-8-19(9-12-21)15-30-18(2)25(32)33)31-34-16-20-10-13-23(22-6-4-3-5-7-22)24(14-20)26(27,28)29/h3-14,18,30H,15-16H2,1-2H3,(H,32,33). The molecular formula is C26H25F3N2O3. The molecule has 2 N–H and O–H groups in total. The summed E-state index contributed by atoms with van der Waals surface area (Å²) in [4.78, 5) is 16.2. The molecule has 3 rings (SSSR count). The Morgan fingerprint density at radius 1 is 1.03 bits per heavy atom. The van der Waals surface area contributed by atoms with Crippen molar-refractivity contribution in [2.24, 2.45) is 5.16 Å². The van der Waals surface area contributed by atoms with Crippen LogP contribution in [0.25, 0.3) is 11.1 Å².